The van der Waals surface area contributed by atoms with Crippen LogP contribution in [0.15, 0.2) is 22.6 Å². The first-order chi connectivity index (χ1) is 11.2. The van der Waals surface area contributed by atoms with E-state index < -0.39 is 5.60 Å². The Hall–Kier alpha value is -2.11. The molecule has 2 aromatic rings. The number of carbonyl (C=O) groups excluding carboxylic acids is 1. The van der Waals surface area contributed by atoms with Gasteiger partial charge in [0.05, 0.1) is 5.92 Å². The zero-order valence-corrected chi connectivity index (χ0v) is 14.5. The van der Waals surface area contributed by atoms with Crippen LogP contribution in [0, 0.1) is 5.82 Å². The van der Waals surface area contributed by atoms with E-state index in [1.54, 1.807) is 11.0 Å². The van der Waals surface area contributed by atoms with E-state index in [-0.39, 0.29) is 23.9 Å². The molecule has 1 aliphatic heterocycles. The summed E-state index contributed by atoms with van der Waals surface area (Å²) in [5.41, 5.74) is 0.542. The molecule has 2 atom stereocenters. The number of piperidine rings is 1. The average molecular weight is 334 g/mol. The molecule has 1 fully saturated rings. The van der Waals surface area contributed by atoms with Crippen LogP contribution in [0.3, 0.4) is 0 Å². The van der Waals surface area contributed by atoms with Gasteiger partial charge in [-0.3, -0.25) is 0 Å². The van der Waals surface area contributed by atoms with E-state index in [1.807, 2.05) is 27.7 Å². The maximum atomic E-state index is 13.3. The van der Waals surface area contributed by atoms with Crippen molar-refractivity contribution in [1.29, 1.82) is 0 Å². The summed E-state index contributed by atoms with van der Waals surface area (Å²) >= 11 is 0. The van der Waals surface area contributed by atoms with Crippen LogP contribution in [0.4, 0.5) is 9.18 Å². The van der Waals surface area contributed by atoms with E-state index in [0.717, 1.165) is 12.8 Å². The summed E-state index contributed by atoms with van der Waals surface area (Å²) in [4.78, 5) is 18.6. The maximum absolute atomic E-state index is 13.3. The van der Waals surface area contributed by atoms with Crippen LogP contribution >= 0.6 is 0 Å². The quantitative estimate of drug-likeness (QED) is 0.772. The van der Waals surface area contributed by atoms with Crippen molar-refractivity contribution < 1.29 is 18.3 Å². The molecule has 6 heteroatoms. The van der Waals surface area contributed by atoms with Gasteiger partial charge in [-0.2, -0.15) is 0 Å². The highest BCUT2D eigenvalue weighted by Gasteiger charge is 2.34. The fraction of sp³-hybridized carbons (Fsp3) is 0.556. The van der Waals surface area contributed by atoms with Crippen molar-refractivity contribution in [2.45, 2.75) is 58.1 Å². The zero-order valence-electron chi connectivity index (χ0n) is 14.5. The number of hydrogen-bond donors (Lipinski definition) is 0. The summed E-state index contributed by atoms with van der Waals surface area (Å²) in [6.07, 6.45) is 1.40. The number of oxazole rings is 1. The van der Waals surface area contributed by atoms with Gasteiger partial charge in [0, 0.05) is 18.7 Å². The van der Waals surface area contributed by atoms with Crippen LogP contribution in [0.2, 0.25) is 0 Å². The largest absolute Gasteiger partial charge is 0.444 e. The van der Waals surface area contributed by atoms with E-state index in [1.165, 1.54) is 12.1 Å². The van der Waals surface area contributed by atoms with Gasteiger partial charge < -0.3 is 14.1 Å². The number of nitrogens with zero attached hydrogens (tertiary/aromatic N) is 2. The highest BCUT2D eigenvalue weighted by atomic mass is 19.1. The molecule has 1 saturated heterocycles. The number of ether oxygens (including phenoxy) is 1. The van der Waals surface area contributed by atoms with Crippen LogP contribution in [0.1, 0.15) is 52.3 Å². The van der Waals surface area contributed by atoms with Gasteiger partial charge in [0.2, 0.25) is 0 Å². The highest BCUT2D eigenvalue weighted by Crippen LogP contribution is 2.32. The van der Waals surface area contributed by atoms with Gasteiger partial charge in [0.25, 0.3) is 0 Å². The summed E-state index contributed by atoms with van der Waals surface area (Å²) < 4.78 is 24.6. The first-order valence-electron chi connectivity index (χ1n) is 8.28. The Morgan fingerprint density at radius 3 is 2.83 bits per heavy atom. The summed E-state index contributed by atoms with van der Waals surface area (Å²) in [7, 11) is 0. The van der Waals surface area contributed by atoms with Crippen LogP contribution in [0.25, 0.3) is 11.1 Å². The maximum Gasteiger partial charge on any atom is 0.410 e. The van der Waals surface area contributed by atoms with Gasteiger partial charge in [-0.25, -0.2) is 14.2 Å². The van der Waals surface area contributed by atoms with Gasteiger partial charge in [0.1, 0.15) is 16.9 Å². The van der Waals surface area contributed by atoms with Crippen LogP contribution in [-0.2, 0) is 4.74 Å². The number of fused-ring (bicyclic) bond motifs is 1. The third-order valence-corrected chi connectivity index (χ3v) is 4.23. The fourth-order valence-corrected chi connectivity index (χ4v) is 2.98. The van der Waals surface area contributed by atoms with Crippen LogP contribution in [-0.4, -0.2) is 34.2 Å². The Balaban J connectivity index is 1.80. The van der Waals surface area contributed by atoms with Gasteiger partial charge in [0.15, 0.2) is 11.5 Å². The van der Waals surface area contributed by atoms with E-state index >= 15 is 0 Å². The van der Waals surface area contributed by atoms with Gasteiger partial charge in [-0.1, -0.05) is 0 Å². The minimum atomic E-state index is -0.529. The van der Waals surface area contributed by atoms with Crippen molar-refractivity contribution in [3.63, 3.8) is 0 Å². The Bertz CT molecular complexity index is 750. The third-order valence-electron chi connectivity index (χ3n) is 4.23. The summed E-state index contributed by atoms with van der Waals surface area (Å²) in [5.74, 6) is 0.204. The van der Waals surface area contributed by atoms with Crippen LogP contribution < -0.4 is 0 Å². The number of aromatic nitrogens is 1. The molecule has 3 rings (SSSR count). The summed E-state index contributed by atoms with van der Waals surface area (Å²) in [6.45, 7) is 8.07. The number of amides is 1. The van der Waals surface area contributed by atoms with Crippen molar-refractivity contribution in [3.05, 3.63) is 29.9 Å². The molecule has 0 spiro atoms. The van der Waals surface area contributed by atoms with E-state index in [2.05, 4.69) is 4.98 Å². The standard InChI is InChI=1S/C18H23FN2O3/c1-11-5-6-12(10-21(11)17(22)24-18(2,3)4)16-20-14-9-13(19)7-8-15(14)23-16/h7-9,11-12H,5-6,10H2,1-4H3/t11-,12?/m1/s1. The molecule has 1 aliphatic rings. The van der Waals surface area contributed by atoms with Crippen molar-refractivity contribution in [1.82, 2.24) is 9.88 Å². The Labute approximate surface area is 140 Å². The predicted molar refractivity (Wildman–Crippen MR) is 88.3 cm³/mol. The van der Waals surface area contributed by atoms with E-state index in [4.69, 9.17) is 9.15 Å². The molecule has 0 radical (unpaired) electrons. The number of halogens is 1. The number of rotatable bonds is 1. The molecule has 0 N–H and O–H groups in total. The normalized spacial score (nSPS) is 22.0. The molecule has 24 heavy (non-hydrogen) atoms. The predicted octanol–water partition coefficient (Wildman–Crippen LogP) is 4.47. The first-order valence-corrected chi connectivity index (χ1v) is 8.28. The van der Waals surface area contributed by atoms with Crippen LogP contribution in [0.5, 0.6) is 0 Å². The lowest BCUT2D eigenvalue weighted by molar-refractivity contribution is 0.00876. The molecule has 5 nitrogen and oxygen atoms in total. The zero-order chi connectivity index (χ0) is 17.5. The van der Waals surface area contributed by atoms with Crippen molar-refractivity contribution in [2.75, 3.05) is 6.54 Å². The smallest absolute Gasteiger partial charge is 0.410 e. The van der Waals surface area contributed by atoms with Crippen molar-refractivity contribution in [2.24, 2.45) is 0 Å². The van der Waals surface area contributed by atoms with Gasteiger partial charge in [-0.15, -0.1) is 0 Å². The van der Waals surface area contributed by atoms with Gasteiger partial charge >= 0.3 is 6.09 Å². The molecule has 0 saturated carbocycles. The molecular weight excluding hydrogens is 311 g/mol. The van der Waals surface area contributed by atoms with E-state index in [0.29, 0.717) is 23.5 Å². The lowest BCUT2D eigenvalue weighted by atomic mass is 9.94. The molecule has 0 aliphatic carbocycles. The topological polar surface area (TPSA) is 55.6 Å². The lowest BCUT2D eigenvalue weighted by Gasteiger charge is -2.37. The second-order valence-corrected chi connectivity index (χ2v) is 7.42. The van der Waals surface area contributed by atoms with E-state index in [9.17, 15) is 9.18 Å². The molecular formula is C18H23FN2O3. The molecule has 130 valence electrons. The second-order valence-electron chi connectivity index (χ2n) is 7.42. The molecule has 1 aromatic carbocycles. The number of hydrogen-bond acceptors (Lipinski definition) is 4. The molecule has 1 unspecified atom stereocenters. The lowest BCUT2D eigenvalue weighted by Crippen LogP contribution is -2.47. The van der Waals surface area contributed by atoms with Gasteiger partial charge in [-0.05, 0) is 52.7 Å². The summed E-state index contributed by atoms with van der Waals surface area (Å²) in [5, 5.41) is 0. The Morgan fingerprint density at radius 2 is 2.12 bits per heavy atom. The number of likely N-dealkylation sites (tertiary alicyclic amines) is 1. The SMILES string of the molecule is C[C@@H]1CCC(c2nc3cc(F)ccc3o2)CN1C(=O)OC(C)(C)C. The number of benzene rings is 1. The van der Waals surface area contributed by atoms with Crippen molar-refractivity contribution in [3.8, 4) is 0 Å². The molecule has 1 amide bonds. The fourth-order valence-electron chi connectivity index (χ4n) is 2.98. The molecule has 1 aromatic heterocycles. The second kappa shape index (κ2) is 6.07. The average Bonchev–Trinajstić information content (AvgIpc) is 2.88. The highest BCUT2D eigenvalue weighted by molar-refractivity contribution is 5.72. The van der Waals surface area contributed by atoms with Crippen molar-refractivity contribution >= 4 is 17.2 Å². The minimum absolute atomic E-state index is 0.0100. The molecule has 2 heterocycles. The Morgan fingerprint density at radius 1 is 1.38 bits per heavy atom. The molecule has 0 bridgehead atoms. The summed E-state index contributed by atoms with van der Waals surface area (Å²) in [6, 6.07) is 4.41. The minimum Gasteiger partial charge on any atom is -0.444 e. The third kappa shape index (κ3) is 3.52. The first kappa shape index (κ1) is 16.7. The monoisotopic (exact) mass is 334 g/mol. The number of carbonyl (C=O) groups is 1. The Kier molecular flexibility index (Phi) is 4.24.